The number of rotatable bonds is 5. The molecule has 1 rings (SSSR count). The lowest BCUT2D eigenvalue weighted by Crippen LogP contribution is -2.36. The van der Waals surface area contributed by atoms with Crippen LogP contribution in [0.15, 0.2) is 11.4 Å². The zero-order valence-corrected chi connectivity index (χ0v) is 11.2. The predicted octanol–water partition coefficient (Wildman–Crippen LogP) is 1.52. The van der Waals surface area contributed by atoms with Crippen molar-refractivity contribution in [1.29, 1.82) is 0 Å². The van der Waals surface area contributed by atoms with Crippen molar-refractivity contribution in [3.63, 3.8) is 0 Å². The molecule has 6 heteroatoms. The Morgan fingerprint density at radius 3 is 2.81 bits per heavy atom. The SMILES string of the molecule is CNC(C)CNC(=O)c1cc(OC)cs1.Cl. The molecule has 0 spiro atoms. The Bertz CT molecular complexity index is 330. The second-order valence-corrected chi connectivity index (χ2v) is 4.16. The lowest BCUT2D eigenvalue weighted by Gasteiger charge is -2.10. The molecule has 1 aromatic heterocycles. The van der Waals surface area contributed by atoms with E-state index >= 15 is 0 Å². The van der Waals surface area contributed by atoms with Gasteiger partial charge in [0.05, 0.1) is 12.0 Å². The van der Waals surface area contributed by atoms with E-state index in [1.54, 1.807) is 13.2 Å². The van der Waals surface area contributed by atoms with Gasteiger partial charge in [-0.2, -0.15) is 0 Å². The highest BCUT2D eigenvalue weighted by molar-refractivity contribution is 7.12. The van der Waals surface area contributed by atoms with Crippen LogP contribution in [-0.4, -0.2) is 32.7 Å². The summed E-state index contributed by atoms with van der Waals surface area (Å²) < 4.78 is 5.01. The van der Waals surface area contributed by atoms with Crippen LogP contribution in [0.3, 0.4) is 0 Å². The molecule has 16 heavy (non-hydrogen) atoms. The van der Waals surface area contributed by atoms with E-state index in [0.717, 1.165) is 5.75 Å². The first kappa shape index (κ1) is 15.2. The van der Waals surface area contributed by atoms with Gasteiger partial charge in [-0.1, -0.05) is 0 Å². The number of amides is 1. The van der Waals surface area contributed by atoms with Gasteiger partial charge < -0.3 is 15.4 Å². The summed E-state index contributed by atoms with van der Waals surface area (Å²) in [6, 6.07) is 2.01. The molecule has 0 bridgehead atoms. The van der Waals surface area contributed by atoms with Gasteiger partial charge in [0.15, 0.2) is 0 Å². The van der Waals surface area contributed by atoms with E-state index in [2.05, 4.69) is 10.6 Å². The van der Waals surface area contributed by atoms with Gasteiger partial charge in [-0.3, -0.25) is 4.79 Å². The average Bonchev–Trinajstić information content (AvgIpc) is 2.73. The van der Waals surface area contributed by atoms with Crippen LogP contribution in [0, 0.1) is 0 Å². The maximum atomic E-state index is 11.6. The van der Waals surface area contributed by atoms with E-state index in [1.165, 1.54) is 11.3 Å². The number of halogens is 1. The molecular formula is C10H17ClN2O2S. The number of likely N-dealkylation sites (N-methyl/N-ethyl adjacent to an activating group) is 1. The number of thiophene rings is 1. The fourth-order valence-corrected chi connectivity index (χ4v) is 1.75. The summed E-state index contributed by atoms with van der Waals surface area (Å²) in [5.41, 5.74) is 0. The highest BCUT2D eigenvalue weighted by Gasteiger charge is 2.09. The Kier molecular flexibility index (Phi) is 7.12. The molecule has 0 aliphatic rings. The minimum atomic E-state index is -0.0506. The standard InChI is InChI=1S/C10H16N2O2S.ClH/c1-7(11-2)5-12-10(13)9-4-8(14-3)6-15-9;/h4,6-7,11H,5H2,1-3H3,(H,12,13);1H. The van der Waals surface area contributed by atoms with Crippen LogP contribution in [0.25, 0.3) is 0 Å². The highest BCUT2D eigenvalue weighted by atomic mass is 35.5. The van der Waals surface area contributed by atoms with Crippen molar-refractivity contribution in [2.75, 3.05) is 20.7 Å². The second kappa shape index (κ2) is 7.49. The maximum Gasteiger partial charge on any atom is 0.261 e. The third-order valence-electron chi connectivity index (χ3n) is 2.10. The highest BCUT2D eigenvalue weighted by Crippen LogP contribution is 2.20. The van der Waals surface area contributed by atoms with E-state index in [1.807, 2.05) is 19.4 Å². The largest absolute Gasteiger partial charge is 0.496 e. The molecule has 1 amide bonds. The fraction of sp³-hybridized carbons (Fsp3) is 0.500. The van der Waals surface area contributed by atoms with Crippen molar-refractivity contribution in [3.8, 4) is 5.75 Å². The summed E-state index contributed by atoms with van der Waals surface area (Å²) in [6.07, 6.45) is 0. The molecule has 0 aromatic carbocycles. The van der Waals surface area contributed by atoms with Gasteiger partial charge in [-0.25, -0.2) is 0 Å². The van der Waals surface area contributed by atoms with Crippen molar-refractivity contribution in [1.82, 2.24) is 10.6 Å². The third-order valence-corrected chi connectivity index (χ3v) is 3.00. The summed E-state index contributed by atoms with van der Waals surface area (Å²) in [5.74, 6) is 0.678. The quantitative estimate of drug-likeness (QED) is 0.848. The van der Waals surface area contributed by atoms with E-state index in [0.29, 0.717) is 11.4 Å². The Hall–Kier alpha value is -0.780. The molecule has 1 aromatic rings. The summed E-state index contributed by atoms with van der Waals surface area (Å²) in [4.78, 5) is 12.3. The van der Waals surface area contributed by atoms with Crippen molar-refractivity contribution >= 4 is 29.7 Å². The first-order valence-corrected chi connectivity index (χ1v) is 5.63. The summed E-state index contributed by atoms with van der Waals surface area (Å²) in [7, 11) is 3.46. The van der Waals surface area contributed by atoms with Crippen LogP contribution >= 0.6 is 23.7 Å². The Morgan fingerprint density at radius 1 is 1.62 bits per heavy atom. The molecule has 1 atom stereocenters. The smallest absolute Gasteiger partial charge is 0.261 e. The van der Waals surface area contributed by atoms with Gasteiger partial charge in [0.2, 0.25) is 0 Å². The van der Waals surface area contributed by atoms with Crippen molar-refractivity contribution in [3.05, 3.63) is 16.3 Å². The summed E-state index contributed by atoms with van der Waals surface area (Å²) in [6.45, 7) is 2.63. The molecule has 4 nitrogen and oxygen atoms in total. The van der Waals surface area contributed by atoms with Gasteiger partial charge >= 0.3 is 0 Å². The number of hydrogen-bond acceptors (Lipinski definition) is 4. The van der Waals surface area contributed by atoms with Gasteiger partial charge in [0.25, 0.3) is 5.91 Å². The zero-order valence-electron chi connectivity index (χ0n) is 9.57. The Balaban J connectivity index is 0.00000225. The molecule has 0 aliphatic carbocycles. The predicted molar refractivity (Wildman–Crippen MR) is 69.0 cm³/mol. The molecule has 1 heterocycles. The molecule has 0 aliphatic heterocycles. The summed E-state index contributed by atoms with van der Waals surface area (Å²) in [5, 5.41) is 7.71. The molecule has 0 radical (unpaired) electrons. The normalized spacial score (nSPS) is 11.4. The molecule has 2 N–H and O–H groups in total. The molecule has 0 saturated heterocycles. The van der Waals surface area contributed by atoms with Crippen molar-refractivity contribution in [2.45, 2.75) is 13.0 Å². The fourth-order valence-electron chi connectivity index (χ4n) is 0.980. The average molecular weight is 265 g/mol. The van der Waals surface area contributed by atoms with Crippen LogP contribution < -0.4 is 15.4 Å². The first-order valence-electron chi connectivity index (χ1n) is 4.75. The Morgan fingerprint density at radius 2 is 2.31 bits per heavy atom. The van der Waals surface area contributed by atoms with Crippen molar-refractivity contribution in [2.24, 2.45) is 0 Å². The van der Waals surface area contributed by atoms with Gasteiger partial charge in [-0.05, 0) is 14.0 Å². The monoisotopic (exact) mass is 264 g/mol. The summed E-state index contributed by atoms with van der Waals surface area (Å²) >= 11 is 1.38. The van der Waals surface area contributed by atoms with Crippen LogP contribution in [0.1, 0.15) is 16.6 Å². The molecule has 92 valence electrons. The number of carbonyl (C=O) groups is 1. The lowest BCUT2D eigenvalue weighted by atomic mass is 10.3. The zero-order chi connectivity index (χ0) is 11.3. The van der Waals surface area contributed by atoms with Gasteiger partial charge in [0.1, 0.15) is 5.75 Å². The molecule has 0 fully saturated rings. The van der Waals surface area contributed by atoms with Crippen LogP contribution in [0.2, 0.25) is 0 Å². The third kappa shape index (κ3) is 4.38. The topological polar surface area (TPSA) is 50.4 Å². The maximum absolute atomic E-state index is 11.6. The van der Waals surface area contributed by atoms with Crippen LogP contribution in [0.4, 0.5) is 0 Å². The molecule has 1 unspecified atom stereocenters. The molecule has 0 saturated carbocycles. The van der Waals surface area contributed by atoms with Crippen LogP contribution in [-0.2, 0) is 0 Å². The van der Waals surface area contributed by atoms with E-state index in [4.69, 9.17) is 4.74 Å². The van der Waals surface area contributed by atoms with E-state index in [9.17, 15) is 4.79 Å². The number of ether oxygens (including phenoxy) is 1. The number of nitrogens with one attached hydrogen (secondary N) is 2. The van der Waals surface area contributed by atoms with Gasteiger partial charge in [-0.15, -0.1) is 23.7 Å². The minimum Gasteiger partial charge on any atom is -0.496 e. The molecular weight excluding hydrogens is 248 g/mol. The Labute approximate surface area is 106 Å². The van der Waals surface area contributed by atoms with E-state index in [-0.39, 0.29) is 24.4 Å². The van der Waals surface area contributed by atoms with Crippen LogP contribution in [0.5, 0.6) is 5.75 Å². The number of methoxy groups -OCH3 is 1. The minimum absolute atomic E-state index is 0. The van der Waals surface area contributed by atoms with E-state index < -0.39 is 0 Å². The first-order chi connectivity index (χ1) is 7.17. The van der Waals surface area contributed by atoms with Gasteiger partial charge in [0, 0.05) is 24.0 Å². The second-order valence-electron chi connectivity index (χ2n) is 3.25. The number of hydrogen-bond donors (Lipinski definition) is 2. The number of carbonyl (C=O) groups excluding carboxylic acids is 1. The van der Waals surface area contributed by atoms with Crippen molar-refractivity contribution < 1.29 is 9.53 Å². The lowest BCUT2D eigenvalue weighted by molar-refractivity contribution is 0.0954.